The van der Waals surface area contributed by atoms with Crippen LogP contribution in [0.4, 0.5) is 0 Å². The van der Waals surface area contributed by atoms with Crippen molar-refractivity contribution in [2.45, 2.75) is 50.7 Å². The molecule has 2 rings (SSSR count). The predicted octanol–water partition coefficient (Wildman–Crippen LogP) is 1.52. The zero-order valence-corrected chi connectivity index (χ0v) is 9.26. The normalized spacial score (nSPS) is 33.3. The van der Waals surface area contributed by atoms with Crippen LogP contribution in [0, 0.1) is 0 Å². The molecule has 0 aromatic heterocycles. The van der Waals surface area contributed by atoms with E-state index in [4.69, 9.17) is 4.74 Å². The molecule has 0 spiro atoms. The van der Waals surface area contributed by atoms with Crippen LogP contribution >= 0.6 is 0 Å². The summed E-state index contributed by atoms with van der Waals surface area (Å²) in [5.41, 5.74) is 0. The Morgan fingerprint density at radius 1 is 0.929 bits per heavy atom. The lowest BCUT2D eigenvalue weighted by atomic mass is 9.97. The zero-order chi connectivity index (χ0) is 10.0. The average Bonchev–Trinajstić information content (AvgIpc) is 2.47. The van der Waals surface area contributed by atoms with Gasteiger partial charge < -0.3 is 4.74 Å². The predicted molar refractivity (Wildman–Crippen MR) is 55.0 cm³/mol. The lowest BCUT2D eigenvalue weighted by Gasteiger charge is -2.24. The van der Waals surface area contributed by atoms with Crippen molar-refractivity contribution in [2.75, 3.05) is 11.5 Å². The second kappa shape index (κ2) is 4.19. The summed E-state index contributed by atoms with van der Waals surface area (Å²) < 4.78 is 28.2. The van der Waals surface area contributed by atoms with Gasteiger partial charge in [0.05, 0.1) is 23.7 Å². The summed E-state index contributed by atoms with van der Waals surface area (Å²) in [5.74, 6) is 0.577. The van der Waals surface area contributed by atoms with Crippen molar-refractivity contribution in [3.8, 4) is 0 Å². The van der Waals surface area contributed by atoms with Gasteiger partial charge in [-0.15, -0.1) is 0 Å². The van der Waals surface area contributed by atoms with Crippen LogP contribution in [0.5, 0.6) is 0 Å². The van der Waals surface area contributed by atoms with E-state index in [1.165, 1.54) is 19.3 Å². The number of sulfone groups is 1. The summed E-state index contributed by atoms with van der Waals surface area (Å²) in [4.78, 5) is 0. The number of ether oxygens (including phenoxy) is 1. The largest absolute Gasteiger partial charge is 0.374 e. The van der Waals surface area contributed by atoms with Crippen molar-refractivity contribution in [3.05, 3.63) is 0 Å². The third-order valence-electron chi connectivity index (χ3n) is 3.13. The third kappa shape index (κ3) is 2.70. The molecule has 0 amide bonds. The first-order valence-electron chi connectivity index (χ1n) is 5.52. The highest BCUT2D eigenvalue weighted by molar-refractivity contribution is 7.91. The maximum absolute atomic E-state index is 11.2. The Hall–Kier alpha value is -0.0900. The van der Waals surface area contributed by atoms with Crippen LogP contribution in [-0.2, 0) is 14.6 Å². The van der Waals surface area contributed by atoms with Crippen LogP contribution in [0.15, 0.2) is 0 Å². The molecule has 3 nitrogen and oxygen atoms in total. The molecule has 0 aromatic carbocycles. The number of hydrogen-bond acceptors (Lipinski definition) is 3. The molecule has 1 heterocycles. The molecular weight excluding hydrogens is 200 g/mol. The number of hydrogen-bond donors (Lipinski definition) is 0. The minimum Gasteiger partial charge on any atom is -0.374 e. The van der Waals surface area contributed by atoms with Crippen molar-refractivity contribution in [3.63, 3.8) is 0 Å². The van der Waals surface area contributed by atoms with E-state index in [1.54, 1.807) is 0 Å². The quantitative estimate of drug-likeness (QED) is 0.706. The molecule has 1 saturated heterocycles. The van der Waals surface area contributed by atoms with E-state index in [9.17, 15) is 8.42 Å². The molecule has 82 valence electrons. The molecule has 1 saturated carbocycles. The highest BCUT2D eigenvalue weighted by Gasteiger charge is 2.30. The Labute approximate surface area is 85.8 Å². The molecule has 0 radical (unpaired) electrons. The molecule has 0 N–H and O–H groups in total. The lowest BCUT2D eigenvalue weighted by Crippen LogP contribution is -2.25. The van der Waals surface area contributed by atoms with E-state index in [0.717, 1.165) is 12.8 Å². The van der Waals surface area contributed by atoms with Crippen LogP contribution in [0.1, 0.15) is 38.5 Å². The van der Waals surface area contributed by atoms with Gasteiger partial charge in [-0.05, 0) is 19.3 Å². The Morgan fingerprint density at radius 3 is 2.21 bits per heavy atom. The van der Waals surface area contributed by atoms with Crippen molar-refractivity contribution < 1.29 is 13.2 Å². The number of rotatable bonds is 2. The summed E-state index contributed by atoms with van der Waals surface area (Å²) in [5, 5.41) is 0. The topological polar surface area (TPSA) is 43.4 Å². The first kappa shape index (κ1) is 10.4. The molecule has 1 aliphatic carbocycles. The van der Waals surface area contributed by atoms with Gasteiger partial charge in [-0.3, -0.25) is 0 Å². The fraction of sp³-hybridized carbons (Fsp3) is 1.00. The summed E-state index contributed by atoms with van der Waals surface area (Å²) in [7, 11) is -2.77. The first-order chi connectivity index (χ1) is 6.66. The SMILES string of the molecule is O=S1(=O)CC[C@H](OC2CCCCC2)C1. The van der Waals surface area contributed by atoms with Gasteiger partial charge in [-0.25, -0.2) is 8.42 Å². The molecule has 0 bridgehead atoms. The van der Waals surface area contributed by atoms with E-state index in [1.807, 2.05) is 0 Å². The standard InChI is InChI=1S/C10H18O3S/c11-14(12)7-6-10(8-14)13-9-4-2-1-3-5-9/h9-10H,1-8H2/t10-/m0/s1. The molecule has 14 heavy (non-hydrogen) atoms. The van der Waals surface area contributed by atoms with Crippen molar-refractivity contribution >= 4 is 9.84 Å². The molecule has 2 aliphatic rings. The minimum atomic E-state index is -2.77. The van der Waals surface area contributed by atoms with Crippen LogP contribution in [0.2, 0.25) is 0 Å². The summed E-state index contributed by atoms with van der Waals surface area (Å²) in [6.07, 6.45) is 7.06. The maximum Gasteiger partial charge on any atom is 0.152 e. The van der Waals surface area contributed by atoms with Gasteiger partial charge in [0.25, 0.3) is 0 Å². The lowest BCUT2D eigenvalue weighted by molar-refractivity contribution is -0.0169. The summed E-state index contributed by atoms with van der Waals surface area (Å²) in [6.45, 7) is 0. The van der Waals surface area contributed by atoms with E-state index in [-0.39, 0.29) is 11.9 Å². The van der Waals surface area contributed by atoms with Gasteiger partial charge in [0, 0.05) is 0 Å². The van der Waals surface area contributed by atoms with Gasteiger partial charge >= 0.3 is 0 Å². The van der Waals surface area contributed by atoms with E-state index >= 15 is 0 Å². The second-order valence-corrected chi connectivity index (χ2v) is 6.65. The highest BCUT2D eigenvalue weighted by atomic mass is 32.2. The Balaban J connectivity index is 1.80. The van der Waals surface area contributed by atoms with Gasteiger partial charge in [0.15, 0.2) is 9.84 Å². The zero-order valence-electron chi connectivity index (χ0n) is 8.44. The van der Waals surface area contributed by atoms with Crippen molar-refractivity contribution in [1.82, 2.24) is 0 Å². The minimum absolute atomic E-state index is 0.0110. The van der Waals surface area contributed by atoms with Crippen molar-refractivity contribution in [2.24, 2.45) is 0 Å². The van der Waals surface area contributed by atoms with Gasteiger partial charge in [-0.2, -0.15) is 0 Å². The van der Waals surface area contributed by atoms with E-state index in [0.29, 0.717) is 18.3 Å². The second-order valence-electron chi connectivity index (χ2n) is 4.42. The van der Waals surface area contributed by atoms with Gasteiger partial charge in [0.1, 0.15) is 0 Å². The molecule has 2 fully saturated rings. The fourth-order valence-corrected chi connectivity index (χ4v) is 3.94. The van der Waals surface area contributed by atoms with Gasteiger partial charge in [0.2, 0.25) is 0 Å². The van der Waals surface area contributed by atoms with Crippen LogP contribution in [-0.4, -0.2) is 32.1 Å². The fourth-order valence-electron chi connectivity index (χ4n) is 2.34. The van der Waals surface area contributed by atoms with Crippen LogP contribution in [0.25, 0.3) is 0 Å². The molecular formula is C10H18O3S. The average molecular weight is 218 g/mol. The highest BCUT2D eigenvalue weighted by Crippen LogP contribution is 2.24. The Morgan fingerprint density at radius 2 is 1.64 bits per heavy atom. The van der Waals surface area contributed by atoms with Crippen molar-refractivity contribution in [1.29, 1.82) is 0 Å². The van der Waals surface area contributed by atoms with E-state index < -0.39 is 9.84 Å². The van der Waals surface area contributed by atoms with E-state index in [2.05, 4.69) is 0 Å². The molecule has 1 atom stereocenters. The summed E-state index contributed by atoms with van der Waals surface area (Å²) >= 11 is 0. The third-order valence-corrected chi connectivity index (χ3v) is 4.87. The summed E-state index contributed by atoms with van der Waals surface area (Å²) in [6, 6.07) is 0. The molecule has 0 aromatic rings. The molecule has 0 unspecified atom stereocenters. The Kier molecular flexibility index (Phi) is 3.12. The Bertz CT molecular complexity index is 278. The monoisotopic (exact) mass is 218 g/mol. The van der Waals surface area contributed by atoms with Crippen LogP contribution < -0.4 is 0 Å². The van der Waals surface area contributed by atoms with Gasteiger partial charge in [-0.1, -0.05) is 19.3 Å². The molecule has 4 heteroatoms. The molecule has 1 aliphatic heterocycles. The van der Waals surface area contributed by atoms with Crippen LogP contribution in [0.3, 0.4) is 0 Å². The maximum atomic E-state index is 11.2. The first-order valence-corrected chi connectivity index (χ1v) is 7.34. The smallest absolute Gasteiger partial charge is 0.152 e.